The van der Waals surface area contributed by atoms with Crippen LogP contribution in [0.1, 0.15) is 24.1 Å². The molecule has 0 amide bonds. The molecule has 0 aliphatic heterocycles. The lowest BCUT2D eigenvalue weighted by Crippen LogP contribution is -2.13. The Hall–Kier alpha value is -1.92. The normalized spacial score (nSPS) is 13.0. The summed E-state index contributed by atoms with van der Waals surface area (Å²) in [6.45, 7) is 3.43. The highest BCUT2D eigenvalue weighted by atomic mass is 32.2. The third-order valence-corrected chi connectivity index (χ3v) is 4.54. The van der Waals surface area contributed by atoms with Gasteiger partial charge in [0.15, 0.2) is 0 Å². The van der Waals surface area contributed by atoms with E-state index in [0.717, 1.165) is 11.6 Å². The number of nitrogens with two attached hydrogens (primary N) is 1. The number of halogens is 1. The SMILES string of the molecule is Cc1ccc(NS(=O)(=O)c2ccc(C(C)N)cc2)cc1F. The molecule has 0 heterocycles. The predicted molar refractivity (Wildman–Crippen MR) is 81.0 cm³/mol. The third-order valence-electron chi connectivity index (χ3n) is 3.14. The highest BCUT2D eigenvalue weighted by Gasteiger charge is 2.15. The van der Waals surface area contributed by atoms with Crippen molar-refractivity contribution < 1.29 is 12.8 Å². The van der Waals surface area contributed by atoms with Crippen LogP contribution in [-0.4, -0.2) is 8.42 Å². The average Bonchev–Trinajstić information content (AvgIpc) is 2.43. The molecule has 2 aromatic carbocycles. The van der Waals surface area contributed by atoms with Gasteiger partial charge in [-0.05, 0) is 49.2 Å². The molecule has 0 spiro atoms. The summed E-state index contributed by atoms with van der Waals surface area (Å²) in [6, 6.07) is 10.3. The molecule has 6 heteroatoms. The molecular weight excluding hydrogens is 291 g/mol. The zero-order valence-electron chi connectivity index (χ0n) is 11.8. The van der Waals surface area contributed by atoms with Crippen LogP contribution in [0.5, 0.6) is 0 Å². The fraction of sp³-hybridized carbons (Fsp3) is 0.200. The molecular formula is C15H17FN2O2S. The Kier molecular flexibility index (Phi) is 4.29. The molecule has 21 heavy (non-hydrogen) atoms. The largest absolute Gasteiger partial charge is 0.324 e. The fourth-order valence-electron chi connectivity index (χ4n) is 1.82. The van der Waals surface area contributed by atoms with Crippen LogP contribution >= 0.6 is 0 Å². The smallest absolute Gasteiger partial charge is 0.261 e. The first-order valence-electron chi connectivity index (χ1n) is 6.44. The predicted octanol–water partition coefficient (Wildman–Crippen LogP) is 2.95. The molecule has 3 N–H and O–H groups in total. The van der Waals surface area contributed by atoms with Crippen molar-refractivity contribution in [2.75, 3.05) is 4.72 Å². The zero-order chi connectivity index (χ0) is 15.6. The number of aryl methyl sites for hydroxylation is 1. The molecule has 1 atom stereocenters. The second kappa shape index (κ2) is 5.83. The van der Waals surface area contributed by atoms with Crippen LogP contribution in [-0.2, 0) is 10.0 Å². The summed E-state index contributed by atoms with van der Waals surface area (Å²) in [5.74, 6) is -0.456. The summed E-state index contributed by atoms with van der Waals surface area (Å²) >= 11 is 0. The fourth-order valence-corrected chi connectivity index (χ4v) is 2.87. The Labute approximate surface area is 123 Å². The van der Waals surface area contributed by atoms with E-state index in [2.05, 4.69) is 4.72 Å². The minimum atomic E-state index is -3.74. The van der Waals surface area contributed by atoms with Crippen molar-refractivity contribution in [1.29, 1.82) is 0 Å². The number of hydrogen-bond acceptors (Lipinski definition) is 3. The number of benzene rings is 2. The Bertz CT molecular complexity index is 741. The second-order valence-corrected chi connectivity index (χ2v) is 6.61. The monoisotopic (exact) mass is 308 g/mol. The van der Waals surface area contributed by atoms with Crippen molar-refractivity contribution in [2.24, 2.45) is 5.73 Å². The maximum absolute atomic E-state index is 13.4. The van der Waals surface area contributed by atoms with E-state index in [1.807, 2.05) is 6.92 Å². The molecule has 2 aromatic rings. The van der Waals surface area contributed by atoms with Gasteiger partial charge in [0, 0.05) is 6.04 Å². The number of rotatable bonds is 4. The molecule has 4 nitrogen and oxygen atoms in total. The molecule has 112 valence electrons. The van der Waals surface area contributed by atoms with Gasteiger partial charge in [-0.2, -0.15) is 0 Å². The number of sulfonamides is 1. The van der Waals surface area contributed by atoms with Crippen molar-refractivity contribution in [3.8, 4) is 0 Å². The lowest BCUT2D eigenvalue weighted by Gasteiger charge is -2.10. The van der Waals surface area contributed by atoms with Crippen LogP contribution < -0.4 is 10.5 Å². The second-order valence-electron chi connectivity index (χ2n) is 4.93. The van der Waals surface area contributed by atoms with Crippen LogP contribution in [0.25, 0.3) is 0 Å². The van der Waals surface area contributed by atoms with Crippen LogP contribution in [0.3, 0.4) is 0 Å². The molecule has 1 unspecified atom stereocenters. The van der Waals surface area contributed by atoms with Crippen molar-refractivity contribution in [2.45, 2.75) is 24.8 Å². The Morgan fingerprint density at radius 3 is 2.29 bits per heavy atom. The van der Waals surface area contributed by atoms with Gasteiger partial charge in [0.05, 0.1) is 10.6 Å². The minimum absolute atomic E-state index is 0.105. The molecule has 0 saturated heterocycles. The molecule has 0 aliphatic carbocycles. The van der Waals surface area contributed by atoms with Crippen molar-refractivity contribution in [1.82, 2.24) is 0 Å². The van der Waals surface area contributed by atoms with Gasteiger partial charge in [0.2, 0.25) is 0 Å². The molecule has 0 saturated carbocycles. The number of nitrogens with one attached hydrogen (secondary N) is 1. The molecule has 2 rings (SSSR count). The standard InChI is InChI=1S/C15H17FN2O2S/c1-10-3-6-13(9-15(10)16)18-21(19,20)14-7-4-12(5-8-14)11(2)17/h3-9,11,18H,17H2,1-2H3. The van der Waals surface area contributed by atoms with Gasteiger partial charge in [-0.3, -0.25) is 4.72 Å². The maximum Gasteiger partial charge on any atom is 0.261 e. The molecule has 0 bridgehead atoms. The first kappa shape index (κ1) is 15.5. The van der Waals surface area contributed by atoms with E-state index in [1.165, 1.54) is 24.3 Å². The summed E-state index contributed by atoms with van der Waals surface area (Å²) in [5.41, 5.74) is 7.21. The Morgan fingerprint density at radius 1 is 1.14 bits per heavy atom. The van der Waals surface area contributed by atoms with E-state index in [-0.39, 0.29) is 16.6 Å². The maximum atomic E-state index is 13.4. The van der Waals surface area contributed by atoms with E-state index < -0.39 is 15.8 Å². The summed E-state index contributed by atoms with van der Waals surface area (Å²) < 4.78 is 40.2. The van der Waals surface area contributed by atoms with E-state index in [1.54, 1.807) is 19.1 Å². The van der Waals surface area contributed by atoms with Gasteiger partial charge < -0.3 is 5.73 Å². The van der Waals surface area contributed by atoms with Crippen molar-refractivity contribution >= 4 is 15.7 Å². The zero-order valence-corrected chi connectivity index (χ0v) is 12.6. The molecule has 0 radical (unpaired) electrons. The molecule has 0 fully saturated rings. The Balaban J connectivity index is 2.27. The Morgan fingerprint density at radius 2 is 1.76 bits per heavy atom. The van der Waals surface area contributed by atoms with Crippen LogP contribution in [0, 0.1) is 12.7 Å². The van der Waals surface area contributed by atoms with Gasteiger partial charge in [-0.25, -0.2) is 12.8 Å². The van der Waals surface area contributed by atoms with E-state index in [4.69, 9.17) is 5.73 Å². The highest BCUT2D eigenvalue weighted by molar-refractivity contribution is 7.92. The van der Waals surface area contributed by atoms with Crippen molar-refractivity contribution in [3.63, 3.8) is 0 Å². The first-order valence-corrected chi connectivity index (χ1v) is 7.92. The van der Waals surface area contributed by atoms with Gasteiger partial charge in [0.25, 0.3) is 10.0 Å². The van der Waals surface area contributed by atoms with E-state index in [0.29, 0.717) is 5.56 Å². The quantitative estimate of drug-likeness (QED) is 0.912. The lowest BCUT2D eigenvalue weighted by atomic mass is 10.1. The van der Waals surface area contributed by atoms with E-state index in [9.17, 15) is 12.8 Å². The van der Waals surface area contributed by atoms with Crippen molar-refractivity contribution in [3.05, 3.63) is 59.4 Å². The summed E-state index contributed by atoms with van der Waals surface area (Å²) in [5, 5.41) is 0. The molecule has 0 aromatic heterocycles. The van der Waals surface area contributed by atoms with Crippen LogP contribution in [0.15, 0.2) is 47.4 Å². The molecule has 0 aliphatic rings. The highest BCUT2D eigenvalue weighted by Crippen LogP contribution is 2.20. The first-order chi connectivity index (χ1) is 9.79. The summed E-state index contributed by atoms with van der Waals surface area (Å²) in [4.78, 5) is 0.105. The van der Waals surface area contributed by atoms with Gasteiger partial charge in [-0.15, -0.1) is 0 Å². The lowest BCUT2D eigenvalue weighted by molar-refractivity contribution is 0.601. The summed E-state index contributed by atoms with van der Waals surface area (Å²) in [7, 11) is -3.74. The number of hydrogen-bond donors (Lipinski definition) is 2. The third kappa shape index (κ3) is 3.59. The average molecular weight is 308 g/mol. The number of anilines is 1. The van der Waals surface area contributed by atoms with Gasteiger partial charge >= 0.3 is 0 Å². The van der Waals surface area contributed by atoms with Crippen LogP contribution in [0.2, 0.25) is 0 Å². The minimum Gasteiger partial charge on any atom is -0.324 e. The van der Waals surface area contributed by atoms with E-state index >= 15 is 0 Å². The topological polar surface area (TPSA) is 72.2 Å². The van der Waals surface area contributed by atoms with Gasteiger partial charge in [0.1, 0.15) is 5.82 Å². The van der Waals surface area contributed by atoms with Crippen LogP contribution in [0.4, 0.5) is 10.1 Å². The van der Waals surface area contributed by atoms with Gasteiger partial charge in [-0.1, -0.05) is 18.2 Å². The summed E-state index contributed by atoms with van der Waals surface area (Å²) in [6.07, 6.45) is 0.